The van der Waals surface area contributed by atoms with Crippen LogP contribution in [0.25, 0.3) is 10.8 Å². The number of urea groups is 1. The second-order valence-electron chi connectivity index (χ2n) is 10.6. The molecule has 2 atom stereocenters. The summed E-state index contributed by atoms with van der Waals surface area (Å²) >= 11 is 0. The Morgan fingerprint density at radius 3 is 2.51 bits per heavy atom. The van der Waals surface area contributed by atoms with Crippen LogP contribution in [0, 0.1) is 6.92 Å². The number of benzene rings is 4. The summed E-state index contributed by atoms with van der Waals surface area (Å²) in [4.78, 5) is 39.8. The van der Waals surface area contributed by atoms with Crippen molar-refractivity contribution in [2.45, 2.75) is 38.5 Å². The fraction of sp³-hybridized carbons (Fsp3) is 0.219. The molecule has 0 radical (unpaired) electrons. The highest BCUT2D eigenvalue weighted by atomic mass is 16.3. The molecule has 5 N–H and O–H groups in total. The second-order valence-corrected chi connectivity index (χ2v) is 10.6. The summed E-state index contributed by atoms with van der Waals surface area (Å²) in [6, 6.07) is 24.3. The summed E-state index contributed by atoms with van der Waals surface area (Å²) in [6.45, 7) is 2.34. The summed E-state index contributed by atoms with van der Waals surface area (Å²) in [6.07, 6.45) is 0.651. The minimum atomic E-state index is -0.386. The van der Waals surface area contributed by atoms with Crippen molar-refractivity contribution in [2.24, 2.45) is 0 Å². The molecule has 0 bridgehead atoms. The maximum atomic E-state index is 13.6. The summed E-state index contributed by atoms with van der Waals surface area (Å²) < 4.78 is 0. The zero-order valence-corrected chi connectivity index (χ0v) is 22.6. The molecular formula is C32H31N5O4. The number of hydrogen-bond donors (Lipinski definition) is 5. The van der Waals surface area contributed by atoms with Gasteiger partial charge in [-0.3, -0.25) is 19.9 Å². The minimum Gasteiger partial charge on any atom is -0.508 e. The summed E-state index contributed by atoms with van der Waals surface area (Å²) in [5.41, 5.74) is 11.0. The number of phenols is 1. The molecule has 2 heterocycles. The molecule has 2 aliphatic heterocycles. The van der Waals surface area contributed by atoms with Gasteiger partial charge in [-0.15, -0.1) is 0 Å². The monoisotopic (exact) mass is 549 g/mol. The number of phenolic OH excluding ortho intramolecular Hbond substituents is 1. The molecule has 4 aromatic rings. The van der Waals surface area contributed by atoms with E-state index in [1.54, 1.807) is 12.1 Å². The number of carbonyl (C=O) groups is 3. The van der Waals surface area contributed by atoms with Crippen LogP contribution in [0.15, 0.2) is 78.9 Å². The standard InChI is InChI=1S/C32H31N5O4/c1-19-7-12-25-23(13-20-8-10-24(38)11-9-20)14-22(16-27-30-35-36-32(41)37(30)18-28(39)34-27)15-26(25)29(19)31(40)33-17-21-5-3-2-4-6-21/h2-12,14-15,27,30,35,38H,13,16-18H2,1H3,(H,33,40)(H,34,39)(H,36,41). The predicted octanol–water partition coefficient (Wildman–Crippen LogP) is 3.27. The molecule has 0 aromatic heterocycles. The first-order chi connectivity index (χ1) is 19.9. The maximum absolute atomic E-state index is 13.6. The topological polar surface area (TPSA) is 123 Å². The first-order valence-corrected chi connectivity index (χ1v) is 13.6. The van der Waals surface area contributed by atoms with Gasteiger partial charge >= 0.3 is 6.03 Å². The lowest BCUT2D eigenvalue weighted by molar-refractivity contribution is -0.125. The van der Waals surface area contributed by atoms with Gasteiger partial charge < -0.3 is 15.7 Å². The molecule has 9 heteroatoms. The quantitative estimate of drug-likeness (QED) is 0.242. The van der Waals surface area contributed by atoms with E-state index in [0.717, 1.165) is 38.6 Å². The number of piperazine rings is 1. The van der Waals surface area contributed by atoms with Crippen molar-refractivity contribution in [2.75, 3.05) is 6.54 Å². The molecule has 9 nitrogen and oxygen atoms in total. The van der Waals surface area contributed by atoms with E-state index in [1.807, 2.05) is 67.6 Å². The first-order valence-electron chi connectivity index (χ1n) is 13.6. The molecule has 6 rings (SSSR count). The predicted molar refractivity (Wildman–Crippen MR) is 155 cm³/mol. The third-order valence-corrected chi connectivity index (χ3v) is 7.76. The number of fused-ring (bicyclic) bond motifs is 2. The Morgan fingerprint density at radius 1 is 0.951 bits per heavy atom. The average molecular weight is 550 g/mol. The van der Waals surface area contributed by atoms with Gasteiger partial charge in [0.1, 0.15) is 18.5 Å². The van der Waals surface area contributed by atoms with Crippen molar-refractivity contribution in [1.29, 1.82) is 0 Å². The Labute approximate surface area is 237 Å². The molecular weight excluding hydrogens is 518 g/mol. The molecule has 2 fully saturated rings. The Balaban J connectivity index is 1.40. The van der Waals surface area contributed by atoms with Gasteiger partial charge in [0.2, 0.25) is 5.91 Å². The number of nitrogens with one attached hydrogen (secondary N) is 4. The smallest absolute Gasteiger partial charge is 0.333 e. The normalized spacial score (nSPS) is 18.1. The molecule has 0 aliphatic carbocycles. The fourth-order valence-corrected chi connectivity index (χ4v) is 5.76. The van der Waals surface area contributed by atoms with E-state index < -0.39 is 0 Å². The highest BCUT2D eigenvalue weighted by molar-refractivity contribution is 6.09. The van der Waals surface area contributed by atoms with E-state index in [2.05, 4.69) is 27.6 Å². The number of hydrazine groups is 1. The van der Waals surface area contributed by atoms with Gasteiger partial charge in [0, 0.05) is 6.54 Å². The van der Waals surface area contributed by atoms with Crippen molar-refractivity contribution in [3.63, 3.8) is 0 Å². The van der Waals surface area contributed by atoms with E-state index in [-0.39, 0.29) is 42.3 Å². The second kappa shape index (κ2) is 10.9. The molecule has 4 aromatic carbocycles. The third kappa shape index (κ3) is 5.44. The number of aryl methyl sites for hydroxylation is 1. The largest absolute Gasteiger partial charge is 0.508 e. The zero-order chi connectivity index (χ0) is 28.5. The average Bonchev–Trinajstić information content (AvgIpc) is 3.33. The maximum Gasteiger partial charge on any atom is 0.333 e. The van der Waals surface area contributed by atoms with Gasteiger partial charge in [-0.2, -0.15) is 0 Å². The van der Waals surface area contributed by atoms with Crippen molar-refractivity contribution in [1.82, 2.24) is 26.4 Å². The number of hydrogen-bond acceptors (Lipinski definition) is 5. The molecule has 0 spiro atoms. The van der Waals surface area contributed by atoms with Gasteiger partial charge in [0.25, 0.3) is 5.91 Å². The molecule has 4 amide bonds. The Hall–Kier alpha value is -4.89. The van der Waals surface area contributed by atoms with Crippen LogP contribution in [-0.4, -0.2) is 46.6 Å². The summed E-state index contributed by atoms with van der Waals surface area (Å²) in [5, 5.41) is 17.7. The summed E-state index contributed by atoms with van der Waals surface area (Å²) in [7, 11) is 0. The van der Waals surface area contributed by atoms with E-state index in [1.165, 1.54) is 4.90 Å². The van der Waals surface area contributed by atoms with Crippen LogP contribution in [0.4, 0.5) is 4.79 Å². The highest BCUT2D eigenvalue weighted by Gasteiger charge is 2.42. The number of amides is 4. The highest BCUT2D eigenvalue weighted by Crippen LogP contribution is 2.30. The molecule has 0 saturated carbocycles. The van der Waals surface area contributed by atoms with Gasteiger partial charge in [-0.1, -0.05) is 66.7 Å². The molecule has 2 aliphatic rings. The molecule has 2 saturated heterocycles. The van der Waals surface area contributed by atoms with E-state index in [0.29, 0.717) is 24.9 Å². The molecule has 2 unspecified atom stereocenters. The van der Waals surface area contributed by atoms with Crippen molar-refractivity contribution in [3.8, 4) is 5.75 Å². The van der Waals surface area contributed by atoms with Crippen LogP contribution in [0.5, 0.6) is 5.75 Å². The van der Waals surface area contributed by atoms with E-state index in [9.17, 15) is 19.5 Å². The number of aromatic hydroxyl groups is 1. The Kier molecular flexibility index (Phi) is 7.03. The Morgan fingerprint density at radius 2 is 1.73 bits per heavy atom. The fourth-order valence-electron chi connectivity index (χ4n) is 5.76. The summed E-state index contributed by atoms with van der Waals surface area (Å²) in [5.74, 6) is -0.175. The van der Waals surface area contributed by atoms with Crippen molar-refractivity contribution >= 4 is 28.6 Å². The van der Waals surface area contributed by atoms with E-state index in [4.69, 9.17) is 0 Å². The lowest BCUT2D eigenvalue weighted by Gasteiger charge is -2.35. The number of nitrogens with zero attached hydrogens (tertiary/aromatic N) is 1. The van der Waals surface area contributed by atoms with Gasteiger partial charge in [-0.05, 0) is 70.5 Å². The van der Waals surface area contributed by atoms with E-state index >= 15 is 0 Å². The SMILES string of the molecule is Cc1ccc2c(Cc3ccc(O)cc3)cc(CC3NC(=O)CN4C(=O)NNC34)cc2c1C(=O)NCc1ccccc1. The van der Waals surface area contributed by atoms with Crippen LogP contribution in [0.2, 0.25) is 0 Å². The van der Waals surface area contributed by atoms with Crippen LogP contribution in [0.1, 0.15) is 38.2 Å². The number of rotatable bonds is 7. The molecule has 208 valence electrons. The lowest BCUT2D eigenvalue weighted by atomic mass is 9.89. The van der Waals surface area contributed by atoms with Gasteiger partial charge in [-0.25, -0.2) is 10.2 Å². The first kappa shape index (κ1) is 26.3. The van der Waals surface area contributed by atoms with Gasteiger partial charge in [0.05, 0.1) is 11.6 Å². The van der Waals surface area contributed by atoms with Crippen LogP contribution in [0.3, 0.4) is 0 Å². The van der Waals surface area contributed by atoms with Gasteiger partial charge in [0.15, 0.2) is 0 Å². The minimum absolute atomic E-state index is 0.00521. The molecule has 41 heavy (non-hydrogen) atoms. The Bertz CT molecular complexity index is 1640. The van der Waals surface area contributed by atoms with Crippen molar-refractivity contribution < 1.29 is 19.5 Å². The zero-order valence-electron chi connectivity index (χ0n) is 22.6. The number of carbonyl (C=O) groups excluding carboxylic acids is 3. The van der Waals surface area contributed by atoms with Crippen molar-refractivity contribution in [3.05, 3.63) is 112 Å². The lowest BCUT2D eigenvalue weighted by Crippen LogP contribution is -2.62. The third-order valence-electron chi connectivity index (χ3n) is 7.76. The van der Waals surface area contributed by atoms with Crippen LogP contribution in [-0.2, 0) is 24.2 Å². The van der Waals surface area contributed by atoms with Crippen LogP contribution >= 0.6 is 0 Å². The van der Waals surface area contributed by atoms with Crippen LogP contribution < -0.4 is 21.5 Å².